The minimum atomic E-state index is 0.158. The van der Waals surface area contributed by atoms with E-state index in [1.807, 2.05) is 0 Å². The molecule has 0 aromatic heterocycles. The Morgan fingerprint density at radius 3 is 2.58 bits per heavy atom. The summed E-state index contributed by atoms with van der Waals surface area (Å²) < 4.78 is 5.82. The molecule has 4 nitrogen and oxygen atoms in total. The SMILES string of the molecule is O=C(CCNC1CC1)NCCCOC1CCCCC1. The summed E-state index contributed by atoms with van der Waals surface area (Å²) in [5.74, 6) is 0.158. The van der Waals surface area contributed by atoms with Crippen molar-refractivity contribution in [3.8, 4) is 0 Å². The van der Waals surface area contributed by atoms with Crippen molar-refractivity contribution < 1.29 is 9.53 Å². The Morgan fingerprint density at radius 2 is 1.84 bits per heavy atom. The Hall–Kier alpha value is -0.610. The van der Waals surface area contributed by atoms with Gasteiger partial charge in [0.1, 0.15) is 0 Å². The molecule has 2 rings (SSSR count). The number of carbonyl (C=O) groups excluding carboxylic acids is 1. The number of nitrogens with one attached hydrogen (secondary N) is 2. The summed E-state index contributed by atoms with van der Waals surface area (Å²) in [7, 11) is 0. The third kappa shape index (κ3) is 6.92. The van der Waals surface area contributed by atoms with Crippen LogP contribution in [-0.4, -0.2) is 37.7 Å². The summed E-state index contributed by atoms with van der Waals surface area (Å²) in [5, 5.41) is 6.30. The second-order valence-corrected chi connectivity index (χ2v) is 5.81. The maximum absolute atomic E-state index is 11.5. The fourth-order valence-electron chi connectivity index (χ4n) is 2.55. The molecule has 0 unspecified atom stereocenters. The van der Waals surface area contributed by atoms with Gasteiger partial charge < -0.3 is 15.4 Å². The molecule has 2 N–H and O–H groups in total. The van der Waals surface area contributed by atoms with E-state index in [1.54, 1.807) is 0 Å². The molecule has 2 aliphatic rings. The van der Waals surface area contributed by atoms with Gasteiger partial charge in [0, 0.05) is 32.2 Å². The lowest BCUT2D eigenvalue weighted by Crippen LogP contribution is -2.29. The average molecular weight is 268 g/mol. The van der Waals surface area contributed by atoms with Gasteiger partial charge in [-0.1, -0.05) is 19.3 Å². The normalized spacial score (nSPS) is 20.4. The first-order valence-corrected chi connectivity index (χ1v) is 7.96. The first-order chi connectivity index (χ1) is 9.34. The van der Waals surface area contributed by atoms with Crippen LogP contribution in [0.5, 0.6) is 0 Å². The van der Waals surface area contributed by atoms with Crippen LogP contribution in [0.25, 0.3) is 0 Å². The van der Waals surface area contributed by atoms with E-state index in [-0.39, 0.29) is 5.91 Å². The van der Waals surface area contributed by atoms with Gasteiger partial charge >= 0.3 is 0 Å². The van der Waals surface area contributed by atoms with Gasteiger partial charge in [0.15, 0.2) is 0 Å². The van der Waals surface area contributed by atoms with Crippen LogP contribution in [0.4, 0.5) is 0 Å². The minimum absolute atomic E-state index is 0.158. The fourth-order valence-corrected chi connectivity index (χ4v) is 2.55. The lowest BCUT2D eigenvalue weighted by molar-refractivity contribution is -0.121. The average Bonchev–Trinajstić information content (AvgIpc) is 3.24. The van der Waals surface area contributed by atoms with Crippen LogP contribution in [0.2, 0.25) is 0 Å². The van der Waals surface area contributed by atoms with Crippen LogP contribution in [0.15, 0.2) is 0 Å². The lowest BCUT2D eigenvalue weighted by Gasteiger charge is -2.21. The van der Waals surface area contributed by atoms with Crippen LogP contribution in [-0.2, 0) is 9.53 Å². The second kappa shape index (κ2) is 8.54. The summed E-state index contributed by atoms with van der Waals surface area (Å²) in [6.07, 6.45) is 11.0. The molecule has 4 heteroatoms. The van der Waals surface area contributed by atoms with E-state index in [4.69, 9.17) is 4.74 Å². The highest BCUT2D eigenvalue weighted by atomic mass is 16.5. The molecule has 0 aromatic carbocycles. The first-order valence-electron chi connectivity index (χ1n) is 7.96. The van der Waals surface area contributed by atoms with Crippen molar-refractivity contribution in [1.82, 2.24) is 10.6 Å². The van der Waals surface area contributed by atoms with Crippen LogP contribution < -0.4 is 10.6 Å². The maximum Gasteiger partial charge on any atom is 0.221 e. The van der Waals surface area contributed by atoms with Crippen LogP contribution >= 0.6 is 0 Å². The lowest BCUT2D eigenvalue weighted by atomic mass is 9.98. The van der Waals surface area contributed by atoms with Crippen molar-refractivity contribution in [2.45, 2.75) is 69.9 Å². The molecule has 0 radical (unpaired) electrons. The number of hydrogen-bond donors (Lipinski definition) is 2. The van der Waals surface area contributed by atoms with Gasteiger partial charge in [0.2, 0.25) is 5.91 Å². The standard InChI is InChI=1S/C15H28N2O2/c18-15(9-11-16-13-7-8-13)17-10-4-12-19-14-5-2-1-3-6-14/h13-14,16H,1-12H2,(H,17,18). The quantitative estimate of drug-likeness (QED) is 0.629. The predicted octanol–water partition coefficient (Wildman–Crippen LogP) is 1.98. The molecule has 2 fully saturated rings. The molecule has 1 amide bonds. The van der Waals surface area contributed by atoms with E-state index in [0.29, 0.717) is 18.6 Å². The Kier molecular flexibility index (Phi) is 6.65. The van der Waals surface area contributed by atoms with Gasteiger partial charge in [0.25, 0.3) is 0 Å². The Morgan fingerprint density at radius 1 is 1.05 bits per heavy atom. The second-order valence-electron chi connectivity index (χ2n) is 5.81. The highest BCUT2D eigenvalue weighted by Gasteiger charge is 2.20. The smallest absolute Gasteiger partial charge is 0.221 e. The van der Waals surface area contributed by atoms with Crippen molar-refractivity contribution >= 4 is 5.91 Å². The fraction of sp³-hybridized carbons (Fsp3) is 0.933. The molecule has 19 heavy (non-hydrogen) atoms. The van der Waals surface area contributed by atoms with Gasteiger partial charge in [-0.3, -0.25) is 4.79 Å². The van der Waals surface area contributed by atoms with E-state index in [9.17, 15) is 4.79 Å². The highest BCUT2D eigenvalue weighted by Crippen LogP contribution is 2.20. The molecule has 0 bridgehead atoms. The number of carbonyl (C=O) groups is 1. The molecule has 0 atom stereocenters. The van der Waals surface area contributed by atoms with E-state index >= 15 is 0 Å². The molecule has 0 aromatic rings. The molecule has 0 heterocycles. The largest absolute Gasteiger partial charge is 0.378 e. The van der Waals surface area contributed by atoms with Gasteiger partial charge in [-0.2, -0.15) is 0 Å². The van der Waals surface area contributed by atoms with Crippen molar-refractivity contribution in [2.24, 2.45) is 0 Å². The molecule has 2 saturated carbocycles. The number of rotatable bonds is 9. The summed E-state index contributed by atoms with van der Waals surface area (Å²) in [4.78, 5) is 11.5. The summed E-state index contributed by atoms with van der Waals surface area (Å²) in [6, 6.07) is 0.691. The molecular weight excluding hydrogens is 240 g/mol. The van der Waals surface area contributed by atoms with Crippen LogP contribution in [0.1, 0.15) is 57.8 Å². The predicted molar refractivity (Wildman–Crippen MR) is 76.1 cm³/mol. The highest BCUT2D eigenvalue weighted by molar-refractivity contribution is 5.75. The summed E-state index contributed by atoms with van der Waals surface area (Å²) in [6.45, 7) is 2.34. The molecule has 0 aliphatic heterocycles. The van der Waals surface area contributed by atoms with E-state index in [1.165, 1.54) is 44.9 Å². The molecule has 2 aliphatic carbocycles. The van der Waals surface area contributed by atoms with Gasteiger partial charge in [-0.15, -0.1) is 0 Å². The number of hydrogen-bond acceptors (Lipinski definition) is 3. The zero-order valence-electron chi connectivity index (χ0n) is 12.0. The van der Waals surface area contributed by atoms with Crippen LogP contribution in [0, 0.1) is 0 Å². The molecular formula is C15H28N2O2. The zero-order chi connectivity index (χ0) is 13.3. The van der Waals surface area contributed by atoms with E-state index in [0.717, 1.165) is 26.1 Å². The third-order valence-electron chi connectivity index (χ3n) is 3.91. The van der Waals surface area contributed by atoms with Crippen LogP contribution in [0.3, 0.4) is 0 Å². The summed E-state index contributed by atoms with van der Waals surface area (Å²) in [5.41, 5.74) is 0. The topological polar surface area (TPSA) is 50.4 Å². The van der Waals surface area contributed by atoms with Crippen molar-refractivity contribution in [1.29, 1.82) is 0 Å². The minimum Gasteiger partial charge on any atom is -0.378 e. The number of amides is 1. The number of ether oxygens (including phenoxy) is 1. The first kappa shape index (κ1) is 14.8. The van der Waals surface area contributed by atoms with Crippen molar-refractivity contribution in [3.63, 3.8) is 0 Å². The Balaban J connectivity index is 1.37. The molecule has 110 valence electrons. The Labute approximate surface area is 116 Å². The zero-order valence-corrected chi connectivity index (χ0v) is 12.0. The third-order valence-corrected chi connectivity index (χ3v) is 3.91. The van der Waals surface area contributed by atoms with Crippen molar-refractivity contribution in [2.75, 3.05) is 19.7 Å². The molecule has 0 spiro atoms. The van der Waals surface area contributed by atoms with Gasteiger partial charge in [-0.25, -0.2) is 0 Å². The van der Waals surface area contributed by atoms with Crippen molar-refractivity contribution in [3.05, 3.63) is 0 Å². The molecule has 0 saturated heterocycles. The van der Waals surface area contributed by atoms with E-state index < -0.39 is 0 Å². The summed E-state index contributed by atoms with van der Waals surface area (Å²) >= 11 is 0. The Bertz CT molecular complexity index is 261. The van der Waals surface area contributed by atoms with Gasteiger partial charge in [-0.05, 0) is 32.1 Å². The van der Waals surface area contributed by atoms with E-state index in [2.05, 4.69) is 10.6 Å². The monoisotopic (exact) mass is 268 g/mol. The van der Waals surface area contributed by atoms with Gasteiger partial charge in [0.05, 0.1) is 6.10 Å². The maximum atomic E-state index is 11.5.